The predicted octanol–water partition coefficient (Wildman–Crippen LogP) is 4.17. The molecule has 136 valence electrons. The van der Waals surface area contributed by atoms with Crippen LogP contribution in [0, 0.1) is 5.92 Å². The monoisotopic (exact) mass is 465 g/mol. The van der Waals surface area contributed by atoms with E-state index in [9.17, 15) is 0 Å². The van der Waals surface area contributed by atoms with E-state index in [2.05, 4.69) is 30.3 Å². The van der Waals surface area contributed by atoms with Crippen LogP contribution in [0.25, 0.3) is 0 Å². The van der Waals surface area contributed by atoms with E-state index in [1.165, 1.54) is 19.3 Å². The Labute approximate surface area is 168 Å². The molecule has 1 fully saturated rings. The molecule has 0 amide bonds. The van der Waals surface area contributed by atoms with Gasteiger partial charge in [-0.25, -0.2) is 4.99 Å². The van der Waals surface area contributed by atoms with Crippen LogP contribution in [-0.4, -0.2) is 44.2 Å². The fourth-order valence-corrected chi connectivity index (χ4v) is 3.00. The molecule has 2 rings (SSSR count). The Hall–Kier alpha value is -0.530. The van der Waals surface area contributed by atoms with Gasteiger partial charge in [-0.05, 0) is 49.8 Å². The van der Waals surface area contributed by atoms with Crippen molar-refractivity contribution in [1.82, 2.24) is 10.2 Å². The van der Waals surface area contributed by atoms with Crippen LogP contribution in [0.3, 0.4) is 0 Å². The molecule has 1 aromatic carbocycles. The van der Waals surface area contributed by atoms with Gasteiger partial charge < -0.3 is 15.0 Å². The highest BCUT2D eigenvalue weighted by Gasteiger charge is 2.15. The summed E-state index contributed by atoms with van der Waals surface area (Å²) in [6.07, 6.45) is 3.56. The number of nitrogens with one attached hydrogen (secondary N) is 1. The van der Waals surface area contributed by atoms with E-state index in [1.807, 2.05) is 18.2 Å². The van der Waals surface area contributed by atoms with E-state index in [1.54, 1.807) is 0 Å². The molecule has 0 spiro atoms. The molecule has 0 atom stereocenters. The lowest BCUT2D eigenvalue weighted by atomic mass is 9.96. The number of rotatable bonds is 6. The number of hydrogen-bond acceptors (Lipinski definition) is 2. The van der Waals surface area contributed by atoms with Gasteiger partial charge in [0, 0.05) is 38.4 Å². The quantitative estimate of drug-likeness (QED) is 0.389. The van der Waals surface area contributed by atoms with Crippen molar-refractivity contribution >= 4 is 41.5 Å². The molecule has 1 aromatic rings. The molecule has 1 N–H and O–H groups in total. The normalized spacial score (nSPS) is 15.7. The van der Waals surface area contributed by atoms with Crippen LogP contribution >= 0.6 is 35.6 Å². The van der Waals surface area contributed by atoms with Crippen LogP contribution in [0.5, 0.6) is 0 Å². The zero-order valence-corrected chi connectivity index (χ0v) is 17.7. The second kappa shape index (κ2) is 11.9. The van der Waals surface area contributed by atoms with Gasteiger partial charge in [0.15, 0.2) is 5.96 Å². The number of hydrogen-bond donors (Lipinski definition) is 1. The van der Waals surface area contributed by atoms with Gasteiger partial charge in [0.25, 0.3) is 0 Å². The third kappa shape index (κ3) is 7.57. The average molecular weight is 466 g/mol. The summed E-state index contributed by atoms with van der Waals surface area (Å²) < 4.78 is 5.43. The first-order valence-electron chi connectivity index (χ1n) is 8.50. The minimum Gasteiger partial charge on any atom is -0.381 e. The van der Waals surface area contributed by atoms with Crippen LogP contribution in [0.2, 0.25) is 5.02 Å². The van der Waals surface area contributed by atoms with Crippen molar-refractivity contribution in [2.75, 3.05) is 33.4 Å². The molecule has 0 saturated carbocycles. The minimum atomic E-state index is 0. The number of ether oxygens (including phenoxy) is 1. The van der Waals surface area contributed by atoms with E-state index < -0.39 is 0 Å². The third-order valence-corrected chi connectivity index (χ3v) is 4.45. The summed E-state index contributed by atoms with van der Waals surface area (Å²) in [5.41, 5.74) is 1.13. The number of benzene rings is 1. The molecule has 1 aliphatic rings. The largest absolute Gasteiger partial charge is 0.381 e. The van der Waals surface area contributed by atoms with E-state index in [-0.39, 0.29) is 24.0 Å². The number of nitrogens with zero attached hydrogens (tertiary/aromatic N) is 2. The molecule has 4 nitrogen and oxygen atoms in total. The van der Waals surface area contributed by atoms with Crippen molar-refractivity contribution in [3.05, 3.63) is 34.9 Å². The maximum Gasteiger partial charge on any atom is 0.193 e. The third-order valence-electron chi connectivity index (χ3n) is 4.21. The molecule has 0 radical (unpaired) electrons. The number of aliphatic imine (C=N–C) groups is 1. The lowest BCUT2D eigenvalue weighted by Gasteiger charge is -2.26. The summed E-state index contributed by atoms with van der Waals surface area (Å²) >= 11 is 6.03. The van der Waals surface area contributed by atoms with Crippen molar-refractivity contribution in [3.8, 4) is 0 Å². The smallest absolute Gasteiger partial charge is 0.193 e. The van der Waals surface area contributed by atoms with Gasteiger partial charge in [-0.1, -0.05) is 23.7 Å². The molecular weight excluding hydrogens is 437 g/mol. The maximum absolute atomic E-state index is 6.03. The van der Waals surface area contributed by atoms with Crippen molar-refractivity contribution < 1.29 is 4.74 Å². The lowest BCUT2D eigenvalue weighted by molar-refractivity contribution is 0.0625. The zero-order valence-electron chi connectivity index (χ0n) is 14.6. The zero-order chi connectivity index (χ0) is 16.5. The average Bonchev–Trinajstić information content (AvgIpc) is 2.57. The molecule has 0 aromatic heterocycles. The molecule has 0 aliphatic carbocycles. The molecule has 1 aliphatic heterocycles. The van der Waals surface area contributed by atoms with E-state index in [0.29, 0.717) is 6.54 Å². The Morgan fingerprint density at radius 3 is 2.79 bits per heavy atom. The topological polar surface area (TPSA) is 36.9 Å². The number of halogens is 2. The molecule has 1 heterocycles. The van der Waals surface area contributed by atoms with Gasteiger partial charge in [-0.3, -0.25) is 0 Å². The molecule has 0 unspecified atom stereocenters. The minimum absolute atomic E-state index is 0. The van der Waals surface area contributed by atoms with Gasteiger partial charge in [0.1, 0.15) is 0 Å². The van der Waals surface area contributed by atoms with Crippen molar-refractivity contribution in [1.29, 1.82) is 0 Å². The molecule has 0 bridgehead atoms. The Morgan fingerprint density at radius 1 is 1.38 bits per heavy atom. The van der Waals surface area contributed by atoms with Gasteiger partial charge in [-0.15, -0.1) is 24.0 Å². The predicted molar refractivity (Wildman–Crippen MR) is 112 cm³/mol. The molecule has 24 heavy (non-hydrogen) atoms. The Morgan fingerprint density at radius 2 is 2.12 bits per heavy atom. The van der Waals surface area contributed by atoms with Gasteiger partial charge in [0.2, 0.25) is 0 Å². The summed E-state index contributed by atoms with van der Waals surface area (Å²) in [7, 11) is 2.11. The van der Waals surface area contributed by atoms with Crippen molar-refractivity contribution in [2.24, 2.45) is 10.9 Å². The van der Waals surface area contributed by atoms with E-state index in [4.69, 9.17) is 21.3 Å². The summed E-state index contributed by atoms with van der Waals surface area (Å²) in [6.45, 7) is 6.46. The Balaban J connectivity index is 0.00000288. The summed E-state index contributed by atoms with van der Waals surface area (Å²) in [6, 6.07) is 7.88. The number of guanidine groups is 1. The van der Waals surface area contributed by atoms with Crippen molar-refractivity contribution in [2.45, 2.75) is 32.7 Å². The van der Waals surface area contributed by atoms with Crippen LogP contribution in [0.4, 0.5) is 0 Å². The van der Waals surface area contributed by atoms with Crippen LogP contribution in [0.1, 0.15) is 31.7 Å². The first-order valence-corrected chi connectivity index (χ1v) is 8.88. The first-order chi connectivity index (χ1) is 11.2. The standard InChI is InChI=1S/C18H28ClN3O.HI/c1-3-20-18(21-14-16-5-4-6-17(19)13-16)22(2)10-7-15-8-11-23-12-9-15;/h4-6,13,15H,3,7-12,14H2,1-2H3,(H,20,21);1H. The Bertz CT molecular complexity index is 507. The highest BCUT2D eigenvalue weighted by Crippen LogP contribution is 2.18. The second-order valence-electron chi connectivity index (χ2n) is 6.07. The Kier molecular flexibility index (Phi) is 10.7. The maximum atomic E-state index is 6.03. The first kappa shape index (κ1) is 21.5. The fraction of sp³-hybridized carbons (Fsp3) is 0.611. The van der Waals surface area contributed by atoms with Gasteiger partial charge in [-0.2, -0.15) is 0 Å². The van der Waals surface area contributed by atoms with Gasteiger partial charge in [0.05, 0.1) is 6.54 Å². The molecular formula is C18H29ClIN3O. The SMILES string of the molecule is CCNC(=NCc1cccc(Cl)c1)N(C)CCC1CCOCC1.I. The fourth-order valence-electron chi connectivity index (χ4n) is 2.79. The van der Waals surface area contributed by atoms with E-state index >= 15 is 0 Å². The lowest BCUT2D eigenvalue weighted by Crippen LogP contribution is -2.40. The van der Waals surface area contributed by atoms with Crippen molar-refractivity contribution in [3.63, 3.8) is 0 Å². The van der Waals surface area contributed by atoms with Gasteiger partial charge >= 0.3 is 0 Å². The molecule has 1 saturated heterocycles. The van der Waals surface area contributed by atoms with Crippen LogP contribution in [-0.2, 0) is 11.3 Å². The van der Waals surface area contributed by atoms with Crippen LogP contribution in [0.15, 0.2) is 29.3 Å². The van der Waals surface area contributed by atoms with Crippen LogP contribution < -0.4 is 5.32 Å². The summed E-state index contributed by atoms with van der Waals surface area (Å²) in [4.78, 5) is 6.96. The van der Waals surface area contributed by atoms with E-state index in [0.717, 1.165) is 48.8 Å². The molecule has 6 heteroatoms. The second-order valence-corrected chi connectivity index (χ2v) is 6.50. The highest BCUT2D eigenvalue weighted by atomic mass is 127. The highest BCUT2D eigenvalue weighted by molar-refractivity contribution is 14.0. The summed E-state index contributed by atoms with van der Waals surface area (Å²) in [5.74, 6) is 1.74. The summed E-state index contributed by atoms with van der Waals surface area (Å²) in [5, 5.41) is 4.13.